The van der Waals surface area contributed by atoms with E-state index in [1.54, 1.807) is 6.92 Å². The van der Waals surface area contributed by atoms with Gasteiger partial charge in [0.15, 0.2) is 0 Å². The van der Waals surface area contributed by atoms with Gasteiger partial charge in [-0.25, -0.2) is 4.98 Å². The number of halogens is 1. The third kappa shape index (κ3) is 3.56. The lowest BCUT2D eigenvalue weighted by molar-refractivity contribution is -0.385. The van der Waals surface area contributed by atoms with E-state index >= 15 is 0 Å². The molecule has 110 valence electrons. The normalized spacial score (nSPS) is 18.1. The van der Waals surface area contributed by atoms with Crippen molar-refractivity contribution in [2.45, 2.75) is 13.0 Å². The summed E-state index contributed by atoms with van der Waals surface area (Å²) < 4.78 is 0. The highest BCUT2D eigenvalue weighted by Crippen LogP contribution is 2.27. The van der Waals surface area contributed by atoms with Crippen LogP contribution in [0.3, 0.4) is 0 Å². The molecule has 0 spiro atoms. The third-order valence-corrected chi connectivity index (χ3v) is 3.49. The maximum atomic E-state index is 10.6. The summed E-state index contributed by atoms with van der Waals surface area (Å²) in [5, 5.41) is 20.3. The molecule has 7 nitrogen and oxygen atoms in total. The zero-order chi connectivity index (χ0) is 14.7. The van der Waals surface area contributed by atoms with Crippen molar-refractivity contribution < 1.29 is 10.0 Å². The van der Waals surface area contributed by atoms with Crippen LogP contribution in [0.4, 0.5) is 11.5 Å². The van der Waals surface area contributed by atoms with Crippen molar-refractivity contribution in [3.8, 4) is 0 Å². The van der Waals surface area contributed by atoms with Gasteiger partial charge in [-0.05, 0) is 6.92 Å². The first-order valence-corrected chi connectivity index (χ1v) is 6.80. The molecule has 2 heterocycles. The quantitative estimate of drug-likeness (QED) is 0.663. The molecule has 0 radical (unpaired) electrons. The van der Waals surface area contributed by atoms with Crippen molar-refractivity contribution in [3.05, 3.63) is 27.4 Å². The monoisotopic (exact) mass is 300 g/mol. The van der Waals surface area contributed by atoms with E-state index < -0.39 is 4.92 Å². The van der Waals surface area contributed by atoms with Crippen LogP contribution in [0.15, 0.2) is 12.3 Å². The molecule has 1 aromatic heterocycles. The molecule has 8 heteroatoms. The Kier molecular flexibility index (Phi) is 4.74. The number of hydrogen-bond donors (Lipinski definition) is 1. The number of piperazine rings is 1. The van der Waals surface area contributed by atoms with Crippen molar-refractivity contribution in [3.63, 3.8) is 0 Å². The summed E-state index contributed by atoms with van der Waals surface area (Å²) in [4.78, 5) is 18.4. The second-order valence-corrected chi connectivity index (χ2v) is 5.30. The number of aliphatic hydroxyl groups excluding tert-OH is 1. The Morgan fingerprint density at radius 1 is 1.50 bits per heavy atom. The molecule has 1 fully saturated rings. The molecule has 0 unspecified atom stereocenters. The molecule has 1 atom stereocenters. The number of aliphatic hydroxyl groups is 1. The van der Waals surface area contributed by atoms with Crippen molar-refractivity contribution in [1.82, 2.24) is 9.88 Å². The van der Waals surface area contributed by atoms with E-state index in [-0.39, 0.29) is 11.8 Å². The van der Waals surface area contributed by atoms with Gasteiger partial charge in [0.25, 0.3) is 5.69 Å². The van der Waals surface area contributed by atoms with Crippen LogP contribution in [0, 0.1) is 10.1 Å². The fourth-order valence-corrected chi connectivity index (χ4v) is 2.55. The largest absolute Gasteiger partial charge is 0.392 e. The number of pyridine rings is 1. The number of hydrogen-bond acceptors (Lipinski definition) is 6. The van der Waals surface area contributed by atoms with Gasteiger partial charge in [-0.3, -0.25) is 15.0 Å². The van der Waals surface area contributed by atoms with E-state index in [4.69, 9.17) is 11.6 Å². The Morgan fingerprint density at radius 2 is 2.15 bits per heavy atom. The van der Waals surface area contributed by atoms with E-state index in [9.17, 15) is 15.2 Å². The molecule has 1 aliphatic heterocycles. The molecule has 0 saturated carbocycles. The molecule has 1 N–H and O–H groups in total. The lowest BCUT2D eigenvalue weighted by atomic mass is 10.2. The fourth-order valence-electron chi connectivity index (χ4n) is 2.27. The minimum absolute atomic E-state index is 0.105. The highest BCUT2D eigenvalue weighted by molar-refractivity contribution is 6.33. The van der Waals surface area contributed by atoms with Crippen LogP contribution in [-0.2, 0) is 0 Å². The Morgan fingerprint density at radius 3 is 2.65 bits per heavy atom. The summed E-state index contributed by atoms with van der Waals surface area (Å²) in [6.45, 7) is 5.49. The second-order valence-electron chi connectivity index (χ2n) is 4.89. The van der Waals surface area contributed by atoms with E-state index in [0.717, 1.165) is 26.2 Å². The summed E-state index contributed by atoms with van der Waals surface area (Å²) in [5.41, 5.74) is -0.105. The van der Waals surface area contributed by atoms with Gasteiger partial charge in [-0.15, -0.1) is 0 Å². The minimum atomic E-state index is -0.511. The van der Waals surface area contributed by atoms with Crippen LogP contribution in [0.5, 0.6) is 0 Å². The smallest absolute Gasteiger partial charge is 0.289 e. The first kappa shape index (κ1) is 15.0. The molecule has 0 aromatic carbocycles. The molecule has 1 aromatic rings. The zero-order valence-corrected chi connectivity index (χ0v) is 12.0. The minimum Gasteiger partial charge on any atom is -0.392 e. The SMILES string of the molecule is C[C@@H](O)CN1CCN(c2ncc([N+](=O)[O-])cc2Cl)CC1. The van der Waals surface area contributed by atoms with Gasteiger partial charge in [0.05, 0.1) is 16.0 Å². The summed E-state index contributed by atoms with van der Waals surface area (Å²) in [6.07, 6.45) is 0.881. The molecular weight excluding hydrogens is 284 g/mol. The van der Waals surface area contributed by atoms with Crippen LogP contribution in [0.2, 0.25) is 5.02 Å². The number of nitrogens with zero attached hydrogens (tertiary/aromatic N) is 4. The van der Waals surface area contributed by atoms with E-state index in [1.165, 1.54) is 12.3 Å². The zero-order valence-electron chi connectivity index (χ0n) is 11.2. The highest BCUT2D eigenvalue weighted by atomic mass is 35.5. The van der Waals surface area contributed by atoms with Gasteiger partial charge in [0, 0.05) is 38.8 Å². The molecule has 2 rings (SSSR count). The first-order valence-electron chi connectivity index (χ1n) is 6.42. The Labute approximate surface area is 121 Å². The maximum absolute atomic E-state index is 10.6. The Hall–Kier alpha value is -1.44. The molecular formula is C12H17ClN4O3. The van der Waals surface area contributed by atoms with Gasteiger partial charge in [-0.1, -0.05) is 11.6 Å². The van der Waals surface area contributed by atoms with Crippen molar-refractivity contribution >= 4 is 23.1 Å². The van der Waals surface area contributed by atoms with Crippen LogP contribution in [0.1, 0.15) is 6.92 Å². The first-order chi connectivity index (χ1) is 9.47. The van der Waals surface area contributed by atoms with Crippen LogP contribution >= 0.6 is 11.6 Å². The second kappa shape index (κ2) is 6.34. The molecule has 1 saturated heterocycles. The molecule has 0 amide bonds. The average Bonchev–Trinajstić information content (AvgIpc) is 2.39. The van der Waals surface area contributed by atoms with Gasteiger partial charge >= 0.3 is 0 Å². The molecule has 20 heavy (non-hydrogen) atoms. The van der Waals surface area contributed by atoms with Gasteiger partial charge in [0.2, 0.25) is 0 Å². The van der Waals surface area contributed by atoms with E-state index in [1.807, 2.05) is 4.90 Å². The van der Waals surface area contributed by atoms with Gasteiger partial charge in [-0.2, -0.15) is 0 Å². The third-order valence-electron chi connectivity index (χ3n) is 3.21. The fraction of sp³-hybridized carbons (Fsp3) is 0.583. The molecule has 1 aliphatic rings. The van der Waals surface area contributed by atoms with Crippen molar-refractivity contribution in [2.75, 3.05) is 37.6 Å². The predicted octanol–water partition coefficient (Wildman–Crippen LogP) is 1.15. The average molecular weight is 301 g/mol. The van der Waals surface area contributed by atoms with Crippen molar-refractivity contribution in [2.24, 2.45) is 0 Å². The molecule has 0 aliphatic carbocycles. The molecule has 0 bridgehead atoms. The predicted molar refractivity (Wildman–Crippen MR) is 76.2 cm³/mol. The Bertz CT molecular complexity index is 490. The topological polar surface area (TPSA) is 82.7 Å². The summed E-state index contributed by atoms with van der Waals surface area (Å²) >= 11 is 6.07. The lowest BCUT2D eigenvalue weighted by Crippen LogP contribution is -2.48. The van der Waals surface area contributed by atoms with Gasteiger partial charge < -0.3 is 10.0 Å². The standard InChI is InChI=1S/C12H17ClN4O3/c1-9(18)8-15-2-4-16(5-3-15)12-11(13)6-10(7-14-12)17(19)20/h6-7,9,18H,2-5,8H2,1H3/t9-/m1/s1. The van der Waals surface area contributed by atoms with E-state index in [2.05, 4.69) is 9.88 Å². The number of β-amino-alcohol motifs (C(OH)–C–C–N with tert-alkyl or cyclic N) is 1. The summed E-state index contributed by atoms with van der Waals surface area (Å²) in [5.74, 6) is 0.578. The number of nitro groups is 1. The van der Waals surface area contributed by atoms with Crippen LogP contribution < -0.4 is 4.90 Å². The Balaban J connectivity index is 2.02. The maximum Gasteiger partial charge on any atom is 0.289 e. The van der Waals surface area contributed by atoms with E-state index in [0.29, 0.717) is 17.4 Å². The highest BCUT2D eigenvalue weighted by Gasteiger charge is 2.22. The number of anilines is 1. The van der Waals surface area contributed by atoms with Crippen molar-refractivity contribution in [1.29, 1.82) is 0 Å². The number of rotatable bonds is 4. The summed E-state index contributed by atoms with van der Waals surface area (Å²) in [7, 11) is 0. The van der Waals surface area contributed by atoms with Gasteiger partial charge in [0.1, 0.15) is 12.0 Å². The lowest BCUT2D eigenvalue weighted by Gasteiger charge is -2.36. The van der Waals surface area contributed by atoms with Crippen LogP contribution in [-0.4, -0.2) is 58.7 Å². The summed E-state index contributed by atoms with van der Waals surface area (Å²) in [6, 6.07) is 1.33. The number of aromatic nitrogens is 1. The van der Waals surface area contributed by atoms with Crippen LogP contribution in [0.25, 0.3) is 0 Å².